The van der Waals surface area contributed by atoms with Crippen molar-refractivity contribution in [3.05, 3.63) is 71.0 Å². The van der Waals surface area contributed by atoms with E-state index in [4.69, 9.17) is 4.74 Å². The number of aryl methyl sites for hydroxylation is 1. The molecule has 2 heterocycles. The minimum atomic E-state index is -0.0861. The molecule has 0 atom stereocenters. The molecule has 0 spiro atoms. The number of hydrogen-bond donors (Lipinski definition) is 1. The molecular weight excluding hydrogens is 396 g/mol. The van der Waals surface area contributed by atoms with E-state index in [-0.39, 0.29) is 5.91 Å². The number of rotatable bonds is 8. The van der Waals surface area contributed by atoms with E-state index in [1.165, 1.54) is 29.9 Å². The van der Waals surface area contributed by atoms with E-state index in [1.807, 2.05) is 12.1 Å². The van der Waals surface area contributed by atoms with Crippen molar-refractivity contribution in [2.75, 3.05) is 26.2 Å². The predicted octanol–water partition coefficient (Wildman–Crippen LogP) is 4.06. The second-order valence-electron chi connectivity index (χ2n) is 7.57. The minimum absolute atomic E-state index is 0.0861. The third kappa shape index (κ3) is 5.64. The van der Waals surface area contributed by atoms with E-state index in [0.717, 1.165) is 31.0 Å². The first-order valence-electron chi connectivity index (χ1n) is 10.3. The van der Waals surface area contributed by atoms with Crippen LogP contribution in [0.25, 0.3) is 0 Å². The highest BCUT2D eigenvalue weighted by atomic mass is 32.1. The van der Waals surface area contributed by atoms with E-state index in [2.05, 4.69) is 50.8 Å². The molecule has 0 saturated carbocycles. The summed E-state index contributed by atoms with van der Waals surface area (Å²) in [5, 5.41) is 3.47. The lowest BCUT2D eigenvalue weighted by atomic mass is 10.1. The SMILES string of the molecule is Cc1ccc(Cc2nsc(Oc3cccc(C(=O)NCCN4CCCC4)c3)n2)cc1. The van der Waals surface area contributed by atoms with Gasteiger partial charge in [-0.3, -0.25) is 4.79 Å². The van der Waals surface area contributed by atoms with Gasteiger partial charge in [-0.25, -0.2) is 0 Å². The number of amides is 1. The van der Waals surface area contributed by atoms with Crippen LogP contribution in [0, 0.1) is 6.92 Å². The molecule has 0 unspecified atom stereocenters. The molecule has 0 aliphatic carbocycles. The first-order chi connectivity index (χ1) is 14.7. The second kappa shape index (κ2) is 9.82. The molecule has 4 rings (SSSR count). The molecule has 6 nitrogen and oxygen atoms in total. The number of aromatic nitrogens is 2. The van der Waals surface area contributed by atoms with Crippen LogP contribution in [0.2, 0.25) is 0 Å². The van der Waals surface area contributed by atoms with Crippen LogP contribution in [0.4, 0.5) is 0 Å². The lowest BCUT2D eigenvalue weighted by molar-refractivity contribution is 0.0949. The van der Waals surface area contributed by atoms with Gasteiger partial charge in [0.15, 0.2) is 5.82 Å². The maximum atomic E-state index is 12.4. The van der Waals surface area contributed by atoms with E-state index in [1.54, 1.807) is 12.1 Å². The molecule has 1 aliphatic rings. The smallest absolute Gasteiger partial charge is 0.298 e. The number of benzene rings is 2. The lowest BCUT2D eigenvalue weighted by Gasteiger charge is -2.14. The molecule has 1 amide bonds. The number of carbonyl (C=O) groups excluding carboxylic acids is 1. The summed E-state index contributed by atoms with van der Waals surface area (Å²) >= 11 is 1.22. The van der Waals surface area contributed by atoms with Gasteiger partial charge in [-0.15, -0.1) is 0 Å². The zero-order valence-corrected chi connectivity index (χ0v) is 18.0. The molecule has 1 saturated heterocycles. The number of carbonyl (C=O) groups is 1. The van der Waals surface area contributed by atoms with Gasteiger partial charge in [-0.1, -0.05) is 35.9 Å². The molecule has 1 aliphatic heterocycles. The number of nitrogens with zero attached hydrogens (tertiary/aromatic N) is 3. The van der Waals surface area contributed by atoms with E-state index in [0.29, 0.717) is 29.5 Å². The normalized spacial score (nSPS) is 14.0. The van der Waals surface area contributed by atoms with Crippen LogP contribution in [0.5, 0.6) is 10.9 Å². The molecule has 7 heteroatoms. The summed E-state index contributed by atoms with van der Waals surface area (Å²) in [7, 11) is 0. The topological polar surface area (TPSA) is 67.3 Å². The van der Waals surface area contributed by atoms with E-state index in [9.17, 15) is 4.79 Å². The summed E-state index contributed by atoms with van der Waals surface area (Å²) in [6.07, 6.45) is 3.18. The van der Waals surface area contributed by atoms with Gasteiger partial charge >= 0.3 is 0 Å². The van der Waals surface area contributed by atoms with Crippen LogP contribution >= 0.6 is 11.5 Å². The van der Waals surface area contributed by atoms with Crippen molar-refractivity contribution in [1.29, 1.82) is 0 Å². The number of nitrogens with one attached hydrogen (secondary N) is 1. The second-order valence-corrected chi connectivity index (χ2v) is 8.29. The molecule has 1 fully saturated rings. The van der Waals surface area contributed by atoms with Crippen molar-refractivity contribution in [1.82, 2.24) is 19.6 Å². The Hall–Kier alpha value is -2.77. The summed E-state index contributed by atoms with van der Waals surface area (Å²) in [4.78, 5) is 19.3. The molecular formula is C23H26N4O2S. The summed E-state index contributed by atoms with van der Waals surface area (Å²) in [5.41, 5.74) is 2.98. The Bertz CT molecular complexity index is 981. The fourth-order valence-corrected chi connectivity index (χ4v) is 4.05. The molecule has 1 N–H and O–H groups in total. The standard InChI is InChI=1S/C23H26N4O2S/c1-17-7-9-18(10-8-17)15-21-25-23(30-26-21)29-20-6-4-5-19(16-20)22(28)24-11-14-27-12-2-3-13-27/h4-10,16H,2-3,11-15H2,1H3,(H,24,28). The van der Waals surface area contributed by atoms with Gasteiger partial charge in [0.2, 0.25) is 0 Å². The van der Waals surface area contributed by atoms with Crippen LogP contribution in [0.15, 0.2) is 48.5 Å². The minimum Gasteiger partial charge on any atom is -0.430 e. The van der Waals surface area contributed by atoms with Crippen LogP contribution in [-0.4, -0.2) is 46.3 Å². The van der Waals surface area contributed by atoms with Crippen molar-refractivity contribution in [2.45, 2.75) is 26.2 Å². The zero-order valence-electron chi connectivity index (χ0n) is 17.1. The Morgan fingerprint density at radius 3 is 2.77 bits per heavy atom. The number of ether oxygens (including phenoxy) is 1. The van der Waals surface area contributed by atoms with Crippen molar-refractivity contribution in [3.8, 4) is 10.9 Å². The highest BCUT2D eigenvalue weighted by molar-refractivity contribution is 7.07. The summed E-state index contributed by atoms with van der Waals surface area (Å²) in [6, 6.07) is 15.5. The molecule has 0 radical (unpaired) electrons. The summed E-state index contributed by atoms with van der Waals surface area (Å²) in [5.74, 6) is 1.23. The van der Waals surface area contributed by atoms with Gasteiger partial charge in [-0.05, 0) is 56.6 Å². The average molecular weight is 423 g/mol. The maximum absolute atomic E-state index is 12.4. The van der Waals surface area contributed by atoms with Gasteiger partial charge in [0.05, 0.1) is 0 Å². The Morgan fingerprint density at radius 2 is 1.97 bits per heavy atom. The summed E-state index contributed by atoms with van der Waals surface area (Å²) < 4.78 is 10.2. The van der Waals surface area contributed by atoms with Crippen molar-refractivity contribution >= 4 is 17.4 Å². The number of likely N-dealkylation sites (tertiary alicyclic amines) is 1. The quantitative estimate of drug-likeness (QED) is 0.593. The molecule has 156 valence electrons. The monoisotopic (exact) mass is 422 g/mol. The fraction of sp³-hybridized carbons (Fsp3) is 0.348. The van der Waals surface area contributed by atoms with Crippen LogP contribution < -0.4 is 10.1 Å². The van der Waals surface area contributed by atoms with Gasteiger partial charge < -0.3 is 15.0 Å². The molecule has 30 heavy (non-hydrogen) atoms. The third-order valence-electron chi connectivity index (χ3n) is 5.15. The lowest BCUT2D eigenvalue weighted by Crippen LogP contribution is -2.33. The van der Waals surface area contributed by atoms with Gasteiger partial charge in [-0.2, -0.15) is 9.36 Å². The first kappa shape index (κ1) is 20.5. The van der Waals surface area contributed by atoms with Crippen molar-refractivity contribution in [2.24, 2.45) is 0 Å². The zero-order chi connectivity index (χ0) is 20.8. The Balaban J connectivity index is 1.32. The fourth-order valence-electron chi connectivity index (χ4n) is 3.48. The van der Waals surface area contributed by atoms with Gasteiger partial charge in [0.25, 0.3) is 11.1 Å². The largest absolute Gasteiger partial charge is 0.430 e. The highest BCUT2D eigenvalue weighted by Crippen LogP contribution is 2.24. The first-order valence-corrected chi connectivity index (χ1v) is 11.1. The molecule has 2 aromatic carbocycles. The number of hydrogen-bond acceptors (Lipinski definition) is 6. The molecule has 0 bridgehead atoms. The Labute approximate surface area is 181 Å². The van der Waals surface area contributed by atoms with E-state index >= 15 is 0 Å². The Kier molecular flexibility index (Phi) is 6.71. The Morgan fingerprint density at radius 1 is 1.17 bits per heavy atom. The van der Waals surface area contributed by atoms with Crippen LogP contribution in [-0.2, 0) is 6.42 Å². The molecule has 3 aromatic rings. The highest BCUT2D eigenvalue weighted by Gasteiger charge is 2.13. The predicted molar refractivity (Wildman–Crippen MR) is 118 cm³/mol. The average Bonchev–Trinajstić information content (AvgIpc) is 3.42. The van der Waals surface area contributed by atoms with Crippen molar-refractivity contribution < 1.29 is 9.53 Å². The third-order valence-corrected chi connectivity index (χ3v) is 5.78. The van der Waals surface area contributed by atoms with Crippen LogP contribution in [0.1, 0.15) is 40.2 Å². The maximum Gasteiger partial charge on any atom is 0.298 e. The van der Waals surface area contributed by atoms with Gasteiger partial charge in [0.1, 0.15) is 5.75 Å². The van der Waals surface area contributed by atoms with E-state index < -0.39 is 0 Å². The molecule has 1 aromatic heterocycles. The van der Waals surface area contributed by atoms with Gasteiger partial charge in [0, 0.05) is 36.6 Å². The summed E-state index contributed by atoms with van der Waals surface area (Å²) in [6.45, 7) is 5.89. The van der Waals surface area contributed by atoms with Crippen LogP contribution in [0.3, 0.4) is 0 Å². The van der Waals surface area contributed by atoms with Crippen molar-refractivity contribution in [3.63, 3.8) is 0 Å².